The second-order valence-electron chi connectivity index (χ2n) is 4.48. The summed E-state index contributed by atoms with van der Waals surface area (Å²) < 4.78 is 5.24. The molecule has 102 valence electrons. The van der Waals surface area contributed by atoms with Crippen LogP contribution < -0.4 is 5.32 Å². The molecule has 1 aliphatic rings. The Hall–Kier alpha value is -1.88. The maximum absolute atomic E-state index is 12.5. The molecule has 0 spiro atoms. The highest BCUT2D eigenvalue weighted by atomic mass is 16.5. The number of nitrogens with one attached hydrogen (secondary N) is 1. The average Bonchev–Trinajstić information content (AvgIpc) is 2.46. The molecule has 1 heterocycles. The van der Waals surface area contributed by atoms with Crippen LogP contribution in [0, 0.1) is 0 Å². The SMILES string of the molecule is CC(=O)N[C@H](C(=O)N1CCOCC1)c1ccccc1. The van der Waals surface area contributed by atoms with Crippen molar-refractivity contribution in [2.75, 3.05) is 26.3 Å². The molecule has 19 heavy (non-hydrogen) atoms. The van der Waals surface area contributed by atoms with Gasteiger partial charge in [-0.1, -0.05) is 30.3 Å². The minimum absolute atomic E-state index is 0.0790. The fraction of sp³-hybridized carbons (Fsp3) is 0.429. The molecule has 5 nitrogen and oxygen atoms in total. The van der Waals surface area contributed by atoms with Crippen molar-refractivity contribution >= 4 is 11.8 Å². The molecule has 1 saturated heterocycles. The van der Waals surface area contributed by atoms with Gasteiger partial charge in [0.2, 0.25) is 11.8 Å². The van der Waals surface area contributed by atoms with Crippen LogP contribution in [0.3, 0.4) is 0 Å². The third-order valence-corrected chi connectivity index (χ3v) is 3.05. The molecule has 0 bridgehead atoms. The first-order valence-corrected chi connectivity index (χ1v) is 6.37. The monoisotopic (exact) mass is 262 g/mol. The lowest BCUT2D eigenvalue weighted by atomic mass is 10.1. The molecule has 0 aromatic heterocycles. The van der Waals surface area contributed by atoms with E-state index in [4.69, 9.17) is 4.74 Å². The van der Waals surface area contributed by atoms with Crippen LogP contribution in [0.1, 0.15) is 18.5 Å². The summed E-state index contributed by atoms with van der Waals surface area (Å²) >= 11 is 0. The zero-order valence-corrected chi connectivity index (χ0v) is 11.0. The number of carbonyl (C=O) groups excluding carboxylic acids is 2. The van der Waals surface area contributed by atoms with Crippen molar-refractivity contribution in [3.8, 4) is 0 Å². The first kappa shape index (κ1) is 13.5. The maximum Gasteiger partial charge on any atom is 0.249 e. The molecule has 1 aromatic carbocycles. The Morgan fingerprint density at radius 3 is 2.42 bits per heavy atom. The van der Waals surface area contributed by atoms with Crippen molar-refractivity contribution < 1.29 is 14.3 Å². The van der Waals surface area contributed by atoms with E-state index in [1.54, 1.807) is 4.90 Å². The van der Waals surface area contributed by atoms with Gasteiger partial charge in [0.1, 0.15) is 6.04 Å². The predicted octanol–water partition coefficient (Wildman–Crippen LogP) is 0.723. The molecule has 1 fully saturated rings. The molecular formula is C14H18N2O3. The van der Waals surface area contributed by atoms with Crippen molar-refractivity contribution in [2.45, 2.75) is 13.0 Å². The van der Waals surface area contributed by atoms with Crippen molar-refractivity contribution in [1.29, 1.82) is 0 Å². The Kier molecular flexibility index (Phi) is 4.52. The fourth-order valence-corrected chi connectivity index (χ4v) is 2.10. The summed E-state index contributed by atoms with van der Waals surface area (Å²) in [7, 11) is 0. The van der Waals surface area contributed by atoms with Gasteiger partial charge >= 0.3 is 0 Å². The molecule has 0 unspecified atom stereocenters. The normalized spacial score (nSPS) is 16.8. The molecule has 1 N–H and O–H groups in total. The summed E-state index contributed by atoms with van der Waals surface area (Å²) in [5.41, 5.74) is 0.800. The molecule has 2 rings (SSSR count). The highest BCUT2D eigenvalue weighted by molar-refractivity contribution is 5.88. The van der Waals surface area contributed by atoms with Crippen LogP contribution in [0.15, 0.2) is 30.3 Å². The highest BCUT2D eigenvalue weighted by Gasteiger charge is 2.27. The first-order valence-electron chi connectivity index (χ1n) is 6.37. The van der Waals surface area contributed by atoms with Gasteiger partial charge in [0.25, 0.3) is 0 Å². The minimum Gasteiger partial charge on any atom is -0.378 e. The summed E-state index contributed by atoms with van der Waals surface area (Å²) in [5, 5.41) is 2.72. The molecular weight excluding hydrogens is 244 g/mol. The zero-order chi connectivity index (χ0) is 13.7. The number of nitrogens with zero attached hydrogens (tertiary/aromatic N) is 1. The topological polar surface area (TPSA) is 58.6 Å². The number of rotatable bonds is 3. The number of hydrogen-bond acceptors (Lipinski definition) is 3. The Balaban J connectivity index is 2.17. The van der Waals surface area contributed by atoms with Crippen LogP contribution in [-0.2, 0) is 14.3 Å². The van der Waals surface area contributed by atoms with Gasteiger partial charge in [-0.05, 0) is 5.56 Å². The van der Waals surface area contributed by atoms with E-state index in [2.05, 4.69) is 5.32 Å². The van der Waals surface area contributed by atoms with Crippen molar-refractivity contribution in [2.24, 2.45) is 0 Å². The van der Waals surface area contributed by atoms with Crippen molar-refractivity contribution in [1.82, 2.24) is 10.2 Å². The van der Waals surface area contributed by atoms with E-state index >= 15 is 0 Å². The summed E-state index contributed by atoms with van der Waals surface area (Å²) in [6.45, 7) is 3.66. The molecule has 0 aliphatic carbocycles. The smallest absolute Gasteiger partial charge is 0.249 e. The van der Waals surface area contributed by atoms with Gasteiger partial charge in [-0.2, -0.15) is 0 Å². The van der Waals surface area contributed by atoms with Crippen LogP contribution in [-0.4, -0.2) is 43.0 Å². The van der Waals surface area contributed by atoms with Crippen LogP contribution >= 0.6 is 0 Å². The van der Waals surface area contributed by atoms with E-state index in [9.17, 15) is 9.59 Å². The number of morpholine rings is 1. The summed E-state index contributed by atoms with van der Waals surface area (Å²) in [6.07, 6.45) is 0. The number of amides is 2. The van der Waals surface area contributed by atoms with E-state index < -0.39 is 6.04 Å². The molecule has 0 saturated carbocycles. The highest BCUT2D eigenvalue weighted by Crippen LogP contribution is 2.16. The van der Waals surface area contributed by atoms with Gasteiger partial charge in [-0.25, -0.2) is 0 Å². The number of ether oxygens (including phenoxy) is 1. The lowest BCUT2D eigenvalue weighted by molar-refractivity contribution is -0.139. The van der Waals surface area contributed by atoms with Crippen LogP contribution in [0.4, 0.5) is 0 Å². The summed E-state index contributed by atoms with van der Waals surface area (Å²) in [5.74, 6) is -0.292. The van der Waals surface area contributed by atoms with Crippen molar-refractivity contribution in [3.63, 3.8) is 0 Å². The third-order valence-electron chi connectivity index (χ3n) is 3.05. The zero-order valence-electron chi connectivity index (χ0n) is 11.0. The number of hydrogen-bond donors (Lipinski definition) is 1. The molecule has 1 atom stereocenters. The average molecular weight is 262 g/mol. The van der Waals surface area contributed by atoms with E-state index in [1.165, 1.54) is 6.92 Å². The van der Waals surface area contributed by atoms with Crippen LogP contribution in [0.2, 0.25) is 0 Å². The largest absolute Gasteiger partial charge is 0.378 e. The summed E-state index contributed by atoms with van der Waals surface area (Å²) in [4.78, 5) is 25.5. The minimum atomic E-state index is -0.614. The van der Waals surface area contributed by atoms with Gasteiger partial charge in [0.15, 0.2) is 0 Å². The van der Waals surface area contributed by atoms with Gasteiger partial charge in [0, 0.05) is 20.0 Å². The van der Waals surface area contributed by atoms with Gasteiger partial charge < -0.3 is 15.0 Å². The standard InChI is InChI=1S/C14H18N2O3/c1-11(17)15-13(12-5-3-2-4-6-12)14(18)16-7-9-19-10-8-16/h2-6,13H,7-10H2,1H3,(H,15,17)/t13-/m0/s1. The first-order chi connectivity index (χ1) is 9.18. The van der Waals surface area contributed by atoms with Gasteiger partial charge in [0.05, 0.1) is 13.2 Å². The summed E-state index contributed by atoms with van der Waals surface area (Å²) in [6, 6.07) is 8.68. The molecule has 1 aromatic rings. The van der Waals surface area contributed by atoms with Gasteiger partial charge in [-0.3, -0.25) is 9.59 Å². The molecule has 1 aliphatic heterocycles. The quantitative estimate of drug-likeness (QED) is 0.873. The molecule has 0 radical (unpaired) electrons. The third kappa shape index (κ3) is 3.54. The molecule has 2 amide bonds. The van der Waals surface area contributed by atoms with Crippen LogP contribution in [0.25, 0.3) is 0 Å². The Bertz CT molecular complexity index is 441. The van der Waals surface area contributed by atoms with Crippen LogP contribution in [0.5, 0.6) is 0 Å². The molecule has 5 heteroatoms. The van der Waals surface area contributed by atoms with E-state index in [0.717, 1.165) is 5.56 Å². The number of carbonyl (C=O) groups is 2. The van der Waals surface area contributed by atoms with Gasteiger partial charge in [-0.15, -0.1) is 0 Å². The van der Waals surface area contributed by atoms with E-state index in [-0.39, 0.29) is 11.8 Å². The predicted molar refractivity (Wildman–Crippen MR) is 70.4 cm³/mol. The van der Waals surface area contributed by atoms with E-state index in [0.29, 0.717) is 26.3 Å². The Labute approximate surface area is 112 Å². The lowest BCUT2D eigenvalue weighted by Gasteiger charge is -2.30. The number of benzene rings is 1. The Morgan fingerprint density at radius 1 is 1.21 bits per heavy atom. The Morgan fingerprint density at radius 2 is 1.84 bits per heavy atom. The lowest BCUT2D eigenvalue weighted by Crippen LogP contribution is -2.47. The second kappa shape index (κ2) is 6.33. The van der Waals surface area contributed by atoms with Crippen molar-refractivity contribution in [3.05, 3.63) is 35.9 Å². The van der Waals surface area contributed by atoms with E-state index in [1.807, 2.05) is 30.3 Å². The maximum atomic E-state index is 12.5. The fourth-order valence-electron chi connectivity index (χ4n) is 2.10. The second-order valence-corrected chi connectivity index (χ2v) is 4.48.